The number of benzene rings is 1. The van der Waals surface area contributed by atoms with E-state index in [-0.39, 0.29) is 0 Å². The lowest BCUT2D eigenvalue weighted by Crippen LogP contribution is -1.84. The molecule has 2 rings (SSSR count). The van der Waals surface area contributed by atoms with Gasteiger partial charge in [0.2, 0.25) is 0 Å². The highest BCUT2D eigenvalue weighted by Gasteiger charge is 2.01. The van der Waals surface area contributed by atoms with Crippen molar-refractivity contribution < 1.29 is 0 Å². The number of rotatable bonds is 0. The molecule has 0 fully saturated rings. The predicted octanol–water partition coefficient (Wildman–Crippen LogP) is 3.55. The van der Waals surface area contributed by atoms with Crippen molar-refractivity contribution in [1.29, 1.82) is 0 Å². The van der Waals surface area contributed by atoms with Crippen LogP contribution in [0.4, 0.5) is 5.69 Å². The second-order valence-corrected chi connectivity index (χ2v) is 4.91. The van der Waals surface area contributed by atoms with Gasteiger partial charge in [0.15, 0.2) is 0 Å². The third-order valence-electron chi connectivity index (χ3n) is 1.76. The normalized spacial score (nSPS) is 10.8. The second-order valence-electron chi connectivity index (χ2n) is 2.77. The Bertz CT molecular complexity index is 394. The Morgan fingerprint density at radius 2 is 2.08 bits per heavy atom. The fraction of sp³-hybridized carbons (Fsp3) is 0.111. The first-order valence-corrected chi connectivity index (χ1v) is 5.23. The van der Waals surface area contributed by atoms with Crippen LogP contribution in [-0.4, -0.2) is 0 Å². The lowest BCUT2D eigenvalue weighted by Gasteiger charge is -1.96. The van der Waals surface area contributed by atoms with Crippen LogP contribution in [0.3, 0.4) is 0 Å². The average molecular weight is 242 g/mol. The summed E-state index contributed by atoms with van der Waals surface area (Å²) in [5.41, 5.74) is 6.56. The van der Waals surface area contributed by atoms with Crippen LogP contribution in [0.2, 0.25) is 0 Å². The Morgan fingerprint density at radius 3 is 2.83 bits per heavy atom. The number of halogens is 1. The van der Waals surface area contributed by atoms with E-state index in [9.17, 15) is 0 Å². The van der Waals surface area contributed by atoms with Crippen molar-refractivity contribution in [3.63, 3.8) is 0 Å². The molecule has 0 saturated heterocycles. The van der Waals surface area contributed by atoms with E-state index < -0.39 is 0 Å². The Hall–Kier alpha value is -0.540. The molecule has 1 aromatic carbocycles. The molecule has 1 nitrogen and oxygen atoms in total. The highest BCUT2D eigenvalue weighted by atomic mass is 79.9. The Kier molecular flexibility index (Phi) is 1.85. The van der Waals surface area contributed by atoms with Crippen molar-refractivity contribution in [2.75, 3.05) is 5.73 Å². The third kappa shape index (κ3) is 1.23. The Morgan fingerprint density at radius 1 is 1.33 bits per heavy atom. The van der Waals surface area contributed by atoms with Gasteiger partial charge in [-0.05, 0) is 46.4 Å². The molecule has 0 spiro atoms. The van der Waals surface area contributed by atoms with Crippen molar-refractivity contribution in [1.82, 2.24) is 0 Å². The molecular weight excluding hydrogens is 234 g/mol. The number of anilines is 1. The molecule has 0 bridgehead atoms. The summed E-state index contributed by atoms with van der Waals surface area (Å²) in [5, 5.41) is 1.26. The standard InChI is InChI=1S/C9H8BrNS/c1-5-2-6-3-7(10)8(11)4-9(6)12-5/h2-4H,11H2,1H3. The molecule has 0 aliphatic carbocycles. The molecule has 2 aromatic rings. The first-order chi connectivity index (χ1) is 5.66. The molecule has 0 aliphatic rings. The van der Waals surface area contributed by atoms with E-state index in [4.69, 9.17) is 5.73 Å². The SMILES string of the molecule is Cc1cc2cc(Br)c(N)cc2s1. The molecule has 12 heavy (non-hydrogen) atoms. The van der Waals surface area contributed by atoms with Crippen molar-refractivity contribution in [2.45, 2.75) is 6.92 Å². The number of nitrogen functional groups attached to an aromatic ring is 1. The molecule has 0 unspecified atom stereocenters. The minimum Gasteiger partial charge on any atom is -0.398 e. The molecule has 0 saturated carbocycles. The Labute approximate surface area is 83.3 Å². The fourth-order valence-electron chi connectivity index (χ4n) is 1.21. The van der Waals surface area contributed by atoms with Crippen molar-refractivity contribution in [2.24, 2.45) is 0 Å². The minimum atomic E-state index is 0.810. The van der Waals surface area contributed by atoms with Gasteiger partial charge in [0.25, 0.3) is 0 Å². The molecule has 1 aromatic heterocycles. The summed E-state index contributed by atoms with van der Waals surface area (Å²) in [4.78, 5) is 1.32. The maximum Gasteiger partial charge on any atom is 0.0473 e. The summed E-state index contributed by atoms with van der Waals surface area (Å²) >= 11 is 5.18. The summed E-state index contributed by atoms with van der Waals surface area (Å²) in [5.74, 6) is 0. The maximum atomic E-state index is 5.75. The topological polar surface area (TPSA) is 26.0 Å². The molecule has 0 radical (unpaired) electrons. The molecule has 0 amide bonds. The van der Waals surface area contributed by atoms with Crippen LogP contribution >= 0.6 is 27.3 Å². The summed E-state index contributed by atoms with van der Waals surface area (Å²) < 4.78 is 2.24. The van der Waals surface area contributed by atoms with E-state index in [0.29, 0.717) is 0 Å². The number of hydrogen-bond acceptors (Lipinski definition) is 2. The number of thiophene rings is 1. The zero-order valence-corrected chi connectivity index (χ0v) is 9.00. The van der Waals surface area contributed by atoms with Crippen LogP contribution in [0.1, 0.15) is 4.88 Å². The second kappa shape index (κ2) is 2.75. The van der Waals surface area contributed by atoms with Gasteiger partial charge in [-0.15, -0.1) is 11.3 Å². The van der Waals surface area contributed by atoms with E-state index in [1.54, 1.807) is 11.3 Å². The van der Waals surface area contributed by atoms with Gasteiger partial charge in [-0.25, -0.2) is 0 Å². The number of nitrogens with two attached hydrogens (primary N) is 1. The molecule has 2 N–H and O–H groups in total. The lowest BCUT2D eigenvalue weighted by molar-refractivity contribution is 1.65. The number of aryl methyl sites for hydroxylation is 1. The summed E-state index contributed by atoms with van der Waals surface area (Å²) in [6.07, 6.45) is 0. The first kappa shape index (κ1) is 8.08. The smallest absolute Gasteiger partial charge is 0.0473 e. The quantitative estimate of drug-likeness (QED) is 0.702. The van der Waals surface area contributed by atoms with Crippen LogP contribution < -0.4 is 5.73 Å². The zero-order valence-electron chi connectivity index (χ0n) is 6.60. The largest absolute Gasteiger partial charge is 0.398 e. The van der Waals surface area contributed by atoms with E-state index >= 15 is 0 Å². The monoisotopic (exact) mass is 241 g/mol. The van der Waals surface area contributed by atoms with Gasteiger partial charge in [-0.1, -0.05) is 0 Å². The van der Waals surface area contributed by atoms with Crippen LogP contribution in [0, 0.1) is 6.92 Å². The van der Waals surface area contributed by atoms with Crippen LogP contribution in [0.25, 0.3) is 10.1 Å². The van der Waals surface area contributed by atoms with Gasteiger partial charge < -0.3 is 5.73 Å². The molecule has 62 valence electrons. The summed E-state index contributed by atoms with van der Waals surface area (Å²) in [7, 11) is 0. The van der Waals surface area contributed by atoms with E-state index in [1.807, 2.05) is 6.07 Å². The number of fused-ring (bicyclic) bond motifs is 1. The lowest BCUT2D eigenvalue weighted by atomic mass is 10.2. The van der Waals surface area contributed by atoms with Gasteiger partial charge in [-0.2, -0.15) is 0 Å². The highest BCUT2D eigenvalue weighted by molar-refractivity contribution is 9.10. The van der Waals surface area contributed by atoms with E-state index in [0.717, 1.165) is 10.2 Å². The van der Waals surface area contributed by atoms with Gasteiger partial charge in [0.1, 0.15) is 0 Å². The van der Waals surface area contributed by atoms with Gasteiger partial charge in [0.05, 0.1) is 0 Å². The molecule has 1 heterocycles. The van der Waals surface area contributed by atoms with Crippen LogP contribution in [-0.2, 0) is 0 Å². The van der Waals surface area contributed by atoms with Crippen LogP contribution in [0.5, 0.6) is 0 Å². The van der Waals surface area contributed by atoms with Crippen molar-refractivity contribution >= 4 is 43.0 Å². The van der Waals surface area contributed by atoms with Crippen LogP contribution in [0.15, 0.2) is 22.7 Å². The maximum absolute atomic E-state index is 5.75. The van der Waals surface area contributed by atoms with E-state index in [1.165, 1.54) is 15.0 Å². The highest BCUT2D eigenvalue weighted by Crippen LogP contribution is 2.31. The molecular formula is C9H8BrNS. The average Bonchev–Trinajstić information content (AvgIpc) is 2.30. The van der Waals surface area contributed by atoms with Gasteiger partial charge >= 0.3 is 0 Å². The molecule has 0 atom stereocenters. The predicted molar refractivity (Wildman–Crippen MR) is 58.7 cm³/mol. The number of hydrogen-bond donors (Lipinski definition) is 1. The summed E-state index contributed by atoms with van der Waals surface area (Å²) in [6, 6.07) is 6.25. The minimum absolute atomic E-state index is 0.810. The van der Waals surface area contributed by atoms with E-state index in [2.05, 4.69) is 35.0 Å². The molecule has 3 heteroatoms. The zero-order chi connectivity index (χ0) is 8.72. The molecule has 0 aliphatic heterocycles. The van der Waals surface area contributed by atoms with Gasteiger partial charge in [-0.3, -0.25) is 0 Å². The summed E-state index contributed by atoms with van der Waals surface area (Å²) in [6.45, 7) is 2.11. The third-order valence-corrected chi connectivity index (χ3v) is 3.46. The Balaban J connectivity index is 2.83. The first-order valence-electron chi connectivity index (χ1n) is 3.62. The fourth-order valence-corrected chi connectivity index (χ4v) is 2.52. The van der Waals surface area contributed by atoms with Gasteiger partial charge in [0, 0.05) is 19.7 Å². The van der Waals surface area contributed by atoms with Crippen molar-refractivity contribution in [3.05, 3.63) is 27.5 Å². The van der Waals surface area contributed by atoms with Crippen molar-refractivity contribution in [3.8, 4) is 0 Å².